The summed E-state index contributed by atoms with van der Waals surface area (Å²) in [5.74, 6) is -0.244. The van der Waals surface area contributed by atoms with Crippen LogP contribution in [-0.4, -0.2) is 54.0 Å². The average Bonchev–Trinajstić information content (AvgIpc) is 3.24. The molecule has 1 aliphatic carbocycles. The maximum absolute atomic E-state index is 13.1. The second kappa shape index (κ2) is 12.3. The standard InChI is InChI=1S/C34H39NO6/c1-7-39-32(38)34(5,6)35(20-23-14-9-8-10-15-23)21-24(41-31(37)33(2,3)4)22-40-28-19-13-18-27-29(28)25-16-11-12-17-26(25)30(27)36/h8-19,24H,7,20-22H2,1-6H3. The molecule has 1 aliphatic rings. The van der Waals surface area contributed by atoms with Crippen molar-refractivity contribution in [3.63, 3.8) is 0 Å². The lowest BCUT2D eigenvalue weighted by atomic mass is 9.97. The second-order valence-electron chi connectivity index (χ2n) is 11.8. The molecular weight excluding hydrogens is 518 g/mol. The Bertz CT molecular complexity index is 1410. The first-order chi connectivity index (χ1) is 19.4. The number of ketones is 1. The molecule has 3 aromatic carbocycles. The third kappa shape index (κ3) is 6.68. The highest BCUT2D eigenvalue weighted by molar-refractivity contribution is 6.22. The van der Waals surface area contributed by atoms with E-state index < -0.39 is 17.1 Å². The topological polar surface area (TPSA) is 82.1 Å². The molecule has 0 spiro atoms. The molecule has 0 bridgehead atoms. The summed E-state index contributed by atoms with van der Waals surface area (Å²) in [6, 6.07) is 22.7. The van der Waals surface area contributed by atoms with E-state index in [0.717, 1.165) is 16.7 Å². The summed E-state index contributed by atoms with van der Waals surface area (Å²) in [6.45, 7) is 11.7. The number of rotatable bonds is 11. The number of nitrogens with zero attached hydrogens (tertiary/aromatic N) is 1. The number of benzene rings is 3. The Morgan fingerprint density at radius 3 is 2.10 bits per heavy atom. The molecule has 0 fully saturated rings. The molecular formula is C34H39NO6. The van der Waals surface area contributed by atoms with E-state index in [1.165, 1.54) is 0 Å². The fourth-order valence-corrected chi connectivity index (χ4v) is 4.77. The maximum atomic E-state index is 13.1. The van der Waals surface area contributed by atoms with Gasteiger partial charge < -0.3 is 14.2 Å². The lowest BCUT2D eigenvalue weighted by Gasteiger charge is -2.38. The predicted molar refractivity (Wildman–Crippen MR) is 158 cm³/mol. The van der Waals surface area contributed by atoms with Gasteiger partial charge in [0.2, 0.25) is 0 Å². The van der Waals surface area contributed by atoms with Gasteiger partial charge in [-0.2, -0.15) is 0 Å². The van der Waals surface area contributed by atoms with Crippen LogP contribution in [0.5, 0.6) is 5.75 Å². The summed E-state index contributed by atoms with van der Waals surface area (Å²) in [5.41, 5.74) is 2.03. The SMILES string of the molecule is CCOC(=O)C(C)(C)N(Cc1ccccc1)CC(COc1cccc2c1-c1ccccc1C2=O)OC(=O)C(C)(C)C. The third-order valence-electron chi connectivity index (χ3n) is 7.23. The first-order valence-corrected chi connectivity index (χ1v) is 14.0. The largest absolute Gasteiger partial charge is 0.489 e. The van der Waals surface area contributed by atoms with Gasteiger partial charge in [-0.1, -0.05) is 66.7 Å². The Morgan fingerprint density at radius 2 is 1.44 bits per heavy atom. The minimum Gasteiger partial charge on any atom is -0.489 e. The number of fused-ring (bicyclic) bond motifs is 3. The van der Waals surface area contributed by atoms with Gasteiger partial charge >= 0.3 is 11.9 Å². The van der Waals surface area contributed by atoms with Crippen LogP contribution < -0.4 is 4.74 Å². The Hall–Kier alpha value is -3.97. The second-order valence-corrected chi connectivity index (χ2v) is 11.8. The summed E-state index contributed by atoms with van der Waals surface area (Å²) in [6.07, 6.45) is -0.720. The number of esters is 2. The predicted octanol–water partition coefficient (Wildman–Crippen LogP) is 6.08. The van der Waals surface area contributed by atoms with E-state index in [9.17, 15) is 14.4 Å². The van der Waals surface area contributed by atoms with E-state index >= 15 is 0 Å². The molecule has 0 aliphatic heterocycles. The molecule has 0 amide bonds. The Morgan fingerprint density at radius 1 is 0.805 bits per heavy atom. The fourth-order valence-electron chi connectivity index (χ4n) is 4.77. The van der Waals surface area contributed by atoms with E-state index in [0.29, 0.717) is 23.4 Å². The van der Waals surface area contributed by atoms with Crippen molar-refractivity contribution in [2.75, 3.05) is 19.8 Å². The van der Waals surface area contributed by atoms with Gasteiger partial charge in [-0.15, -0.1) is 0 Å². The first-order valence-electron chi connectivity index (χ1n) is 14.0. The van der Waals surface area contributed by atoms with Crippen LogP contribution in [0.15, 0.2) is 72.8 Å². The molecule has 41 heavy (non-hydrogen) atoms. The number of carbonyl (C=O) groups excluding carboxylic acids is 3. The molecule has 0 heterocycles. The van der Waals surface area contributed by atoms with E-state index in [-0.39, 0.29) is 37.5 Å². The molecule has 4 rings (SSSR count). The zero-order valence-electron chi connectivity index (χ0n) is 24.7. The lowest BCUT2D eigenvalue weighted by Crippen LogP contribution is -2.54. The van der Waals surface area contributed by atoms with E-state index in [1.807, 2.05) is 79.4 Å². The smallest absolute Gasteiger partial charge is 0.325 e. The van der Waals surface area contributed by atoms with E-state index in [2.05, 4.69) is 0 Å². The molecule has 7 heteroatoms. The highest BCUT2D eigenvalue weighted by atomic mass is 16.6. The highest BCUT2D eigenvalue weighted by Gasteiger charge is 2.39. The number of ether oxygens (including phenoxy) is 3. The minimum absolute atomic E-state index is 0.0266. The van der Waals surface area contributed by atoms with E-state index in [4.69, 9.17) is 14.2 Å². The molecule has 0 radical (unpaired) electrons. The van der Waals surface area contributed by atoms with Crippen molar-refractivity contribution in [2.24, 2.45) is 5.41 Å². The molecule has 7 nitrogen and oxygen atoms in total. The van der Waals surface area contributed by atoms with Crippen molar-refractivity contribution in [1.29, 1.82) is 0 Å². The molecule has 216 valence electrons. The summed E-state index contributed by atoms with van der Waals surface area (Å²) >= 11 is 0. The highest BCUT2D eigenvalue weighted by Crippen LogP contribution is 2.42. The van der Waals surface area contributed by atoms with Crippen LogP contribution in [0.1, 0.15) is 63.0 Å². The van der Waals surface area contributed by atoms with Crippen LogP contribution in [0.2, 0.25) is 0 Å². The zero-order valence-corrected chi connectivity index (χ0v) is 24.7. The van der Waals surface area contributed by atoms with Gasteiger partial charge in [0.1, 0.15) is 24.0 Å². The van der Waals surface area contributed by atoms with Gasteiger partial charge in [-0.3, -0.25) is 19.3 Å². The van der Waals surface area contributed by atoms with Crippen molar-refractivity contribution >= 4 is 17.7 Å². The van der Waals surface area contributed by atoms with Gasteiger partial charge in [-0.05, 0) is 58.7 Å². The number of carbonyl (C=O) groups is 3. The molecule has 0 aromatic heterocycles. The van der Waals surface area contributed by atoms with Crippen LogP contribution in [-0.2, 0) is 25.6 Å². The molecule has 1 atom stereocenters. The van der Waals surface area contributed by atoms with Crippen LogP contribution in [0, 0.1) is 5.41 Å². The van der Waals surface area contributed by atoms with Gasteiger partial charge in [0.15, 0.2) is 5.78 Å². The maximum Gasteiger partial charge on any atom is 0.325 e. The van der Waals surface area contributed by atoms with Gasteiger partial charge in [0, 0.05) is 29.8 Å². The lowest BCUT2D eigenvalue weighted by molar-refractivity contribution is -0.165. The zero-order chi connectivity index (χ0) is 29.8. The average molecular weight is 558 g/mol. The van der Waals surface area contributed by atoms with Crippen molar-refractivity contribution in [2.45, 2.75) is 59.7 Å². The first kappa shape index (κ1) is 30.0. The quantitative estimate of drug-likeness (QED) is 0.207. The monoisotopic (exact) mass is 557 g/mol. The Labute approximate surface area is 242 Å². The normalized spacial score (nSPS) is 13.4. The molecule has 3 aromatic rings. The molecule has 0 saturated carbocycles. The summed E-state index contributed by atoms with van der Waals surface area (Å²) < 4.78 is 17.8. The van der Waals surface area contributed by atoms with Crippen LogP contribution >= 0.6 is 0 Å². The summed E-state index contributed by atoms with van der Waals surface area (Å²) in [4.78, 5) is 41.1. The fraction of sp³-hybridized carbons (Fsp3) is 0.382. The van der Waals surface area contributed by atoms with Gasteiger partial charge in [-0.25, -0.2) is 0 Å². The van der Waals surface area contributed by atoms with Crippen LogP contribution in [0.4, 0.5) is 0 Å². The van der Waals surface area contributed by atoms with Crippen molar-refractivity contribution in [3.8, 4) is 16.9 Å². The third-order valence-corrected chi connectivity index (χ3v) is 7.23. The molecule has 0 N–H and O–H groups in total. The summed E-state index contributed by atoms with van der Waals surface area (Å²) in [5, 5.41) is 0. The van der Waals surface area contributed by atoms with Crippen LogP contribution in [0.25, 0.3) is 11.1 Å². The van der Waals surface area contributed by atoms with Gasteiger partial charge in [0.25, 0.3) is 0 Å². The number of hydrogen-bond donors (Lipinski definition) is 0. The molecule has 0 saturated heterocycles. The van der Waals surface area contributed by atoms with Crippen molar-refractivity contribution < 1.29 is 28.6 Å². The minimum atomic E-state index is -1.02. The Kier molecular flexibility index (Phi) is 8.98. The number of hydrogen-bond acceptors (Lipinski definition) is 7. The van der Waals surface area contributed by atoms with Crippen LogP contribution in [0.3, 0.4) is 0 Å². The summed E-state index contributed by atoms with van der Waals surface area (Å²) in [7, 11) is 0. The van der Waals surface area contributed by atoms with Crippen molar-refractivity contribution in [1.82, 2.24) is 4.90 Å². The van der Waals surface area contributed by atoms with Gasteiger partial charge in [0.05, 0.1) is 12.0 Å². The molecule has 1 unspecified atom stereocenters. The Balaban J connectivity index is 1.65. The van der Waals surface area contributed by atoms with Crippen molar-refractivity contribution in [3.05, 3.63) is 89.5 Å². The van der Waals surface area contributed by atoms with E-state index in [1.54, 1.807) is 39.8 Å².